The largest absolute Gasteiger partial charge is 0.412 e. The van der Waals surface area contributed by atoms with E-state index in [1.165, 1.54) is 5.56 Å². The van der Waals surface area contributed by atoms with Gasteiger partial charge in [0.25, 0.3) is 5.09 Å². The Labute approximate surface area is 243 Å². The van der Waals surface area contributed by atoms with E-state index in [0.717, 1.165) is 38.5 Å². The lowest BCUT2D eigenvalue weighted by atomic mass is 9.90. The lowest BCUT2D eigenvalue weighted by Gasteiger charge is -2.18. The second kappa shape index (κ2) is 27.1. The van der Waals surface area contributed by atoms with E-state index in [1.807, 2.05) is 38.0 Å². The topological polar surface area (TPSA) is 191 Å². The number of unbranched alkanes of at least 4 members (excludes halogenated alkanes) is 2. The second-order valence-corrected chi connectivity index (χ2v) is 9.49. The van der Waals surface area contributed by atoms with Gasteiger partial charge in [-0.1, -0.05) is 54.6 Å². The summed E-state index contributed by atoms with van der Waals surface area (Å²) in [5.74, 6) is 0.645. The fourth-order valence-corrected chi connectivity index (χ4v) is 4.36. The fourth-order valence-electron chi connectivity index (χ4n) is 4.36. The molecule has 0 aliphatic heterocycles. The van der Waals surface area contributed by atoms with Gasteiger partial charge in [0.05, 0.1) is 18.8 Å². The first-order chi connectivity index (χ1) is 19.4. The minimum Gasteiger partial charge on any atom is -0.412 e. The Kier molecular flexibility index (Phi) is 26.4. The van der Waals surface area contributed by atoms with E-state index in [1.54, 1.807) is 0 Å². The standard InChI is InChI=1S/C25H37NO3.C4H9NO4.CH2O.H2O/c1-2-26-25(29)13-9-4-3-8-12-23-21(16-19-24(23)28)15-18-22(27)17-14-20-10-6-5-7-11-20;6-3-1-2-4-9-5(7)8;1-2;/h3,5-8,10-11,15,18,21-24,27-28H,2,4,9,12-14,16-17,19H2,1H3,(H,26,29);6H,1-4H2;1H2;1H2/b8-3-,18-15+;;;/t21-,22-,23+,24-;;;/m0.../s1. The minimum atomic E-state index is -0.836. The highest BCUT2D eigenvalue weighted by Gasteiger charge is 2.32. The van der Waals surface area contributed by atoms with Crippen molar-refractivity contribution in [2.24, 2.45) is 11.8 Å². The summed E-state index contributed by atoms with van der Waals surface area (Å²) in [6.45, 7) is 4.75. The summed E-state index contributed by atoms with van der Waals surface area (Å²) >= 11 is 0. The van der Waals surface area contributed by atoms with Gasteiger partial charge in [0.1, 0.15) is 6.79 Å². The first-order valence-electron chi connectivity index (χ1n) is 14.0. The Hall–Kier alpha value is -3.12. The summed E-state index contributed by atoms with van der Waals surface area (Å²) in [5, 5.41) is 40.3. The van der Waals surface area contributed by atoms with E-state index in [4.69, 9.17) is 9.90 Å². The van der Waals surface area contributed by atoms with E-state index in [-0.39, 0.29) is 36.6 Å². The van der Waals surface area contributed by atoms with Crippen LogP contribution in [-0.4, -0.2) is 70.5 Å². The molecule has 0 aromatic heterocycles. The summed E-state index contributed by atoms with van der Waals surface area (Å²) < 4.78 is 0. The zero-order valence-electron chi connectivity index (χ0n) is 24.2. The van der Waals surface area contributed by atoms with Gasteiger partial charge in [-0.2, -0.15) is 0 Å². The van der Waals surface area contributed by atoms with E-state index in [9.17, 15) is 25.1 Å². The number of carbonyl (C=O) groups excluding carboxylic acids is 2. The molecule has 1 aromatic rings. The van der Waals surface area contributed by atoms with Gasteiger partial charge >= 0.3 is 0 Å². The Balaban J connectivity index is 0. The number of allylic oxidation sites excluding steroid dienone is 3. The first kappa shape index (κ1) is 40.0. The van der Waals surface area contributed by atoms with Crippen molar-refractivity contribution in [2.45, 2.75) is 83.3 Å². The number of rotatable bonds is 17. The molecule has 0 heterocycles. The quantitative estimate of drug-likeness (QED) is 0.0931. The van der Waals surface area contributed by atoms with Gasteiger partial charge < -0.3 is 35.7 Å². The van der Waals surface area contributed by atoms with Gasteiger partial charge in [-0.25, -0.2) is 0 Å². The molecule has 11 nitrogen and oxygen atoms in total. The second-order valence-electron chi connectivity index (χ2n) is 9.49. The van der Waals surface area contributed by atoms with Crippen molar-refractivity contribution in [2.75, 3.05) is 19.8 Å². The van der Waals surface area contributed by atoms with Crippen LogP contribution in [0.1, 0.15) is 70.3 Å². The van der Waals surface area contributed by atoms with E-state index in [0.29, 0.717) is 38.1 Å². The molecule has 234 valence electrons. The van der Waals surface area contributed by atoms with Crippen molar-refractivity contribution < 1.29 is 40.3 Å². The summed E-state index contributed by atoms with van der Waals surface area (Å²) in [4.78, 5) is 32.9. The summed E-state index contributed by atoms with van der Waals surface area (Å²) in [5.41, 5.74) is 1.24. The molecule has 11 heteroatoms. The number of hydrogen-bond donors (Lipinski definition) is 4. The molecular weight excluding hydrogens is 532 g/mol. The Morgan fingerprint density at radius 3 is 2.54 bits per heavy atom. The third kappa shape index (κ3) is 21.3. The molecule has 1 amide bonds. The molecule has 1 aliphatic rings. The predicted octanol–water partition coefficient (Wildman–Crippen LogP) is 3.13. The van der Waals surface area contributed by atoms with Crippen LogP contribution in [-0.2, 0) is 20.8 Å². The molecule has 41 heavy (non-hydrogen) atoms. The number of carbonyl (C=O) groups is 2. The molecule has 0 bridgehead atoms. The van der Waals surface area contributed by atoms with Gasteiger partial charge in [0.2, 0.25) is 5.91 Å². The third-order valence-corrected chi connectivity index (χ3v) is 6.46. The normalized spacial score (nSPS) is 18.4. The highest BCUT2D eigenvalue weighted by molar-refractivity contribution is 5.75. The molecule has 0 saturated heterocycles. The molecule has 0 spiro atoms. The molecule has 6 N–H and O–H groups in total. The van der Waals surface area contributed by atoms with Crippen LogP contribution in [0, 0.1) is 22.0 Å². The smallest absolute Gasteiger partial charge is 0.294 e. The summed E-state index contributed by atoms with van der Waals surface area (Å²) in [6.07, 6.45) is 15.2. The van der Waals surface area contributed by atoms with Crippen molar-refractivity contribution in [1.82, 2.24) is 5.32 Å². The van der Waals surface area contributed by atoms with E-state index < -0.39 is 11.2 Å². The highest BCUT2D eigenvalue weighted by atomic mass is 16.9. The minimum absolute atomic E-state index is 0. The Bertz CT molecular complexity index is 837. The number of hydrogen-bond acceptors (Lipinski definition) is 8. The molecule has 2 rings (SSSR count). The van der Waals surface area contributed by atoms with Crippen molar-refractivity contribution in [1.29, 1.82) is 0 Å². The average molecular weight is 583 g/mol. The van der Waals surface area contributed by atoms with Crippen molar-refractivity contribution in [3.63, 3.8) is 0 Å². The van der Waals surface area contributed by atoms with Crippen LogP contribution in [0.3, 0.4) is 0 Å². The number of nitrogens with zero attached hydrogens (tertiary/aromatic N) is 1. The number of amides is 1. The zero-order chi connectivity index (χ0) is 30.0. The number of aliphatic hydroxyl groups excluding tert-OH is 3. The number of nitrogens with one attached hydrogen (secondary N) is 1. The molecular formula is C30H50N2O9. The van der Waals surface area contributed by atoms with Crippen molar-refractivity contribution in [3.05, 3.63) is 70.3 Å². The predicted molar refractivity (Wildman–Crippen MR) is 158 cm³/mol. The molecule has 0 radical (unpaired) electrons. The van der Waals surface area contributed by atoms with Crippen LogP contribution < -0.4 is 5.32 Å². The number of aryl methyl sites for hydroxylation is 1. The van der Waals surface area contributed by atoms with Crippen LogP contribution in [0.4, 0.5) is 0 Å². The maximum atomic E-state index is 11.4. The van der Waals surface area contributed by atoms with E-state index >= 15 is 0 Å². The summed E-state index contributed by atoms with van der Waals surface area (Å²) in [7, 11) is 0. The van der Waals surface area contributed by atoms with Crippen LogP contribution in [0.25, 0.3) is 0 Å². The fraction of sp³-hybridized carbons (Fsp3) is 0.600. The highest BCUT2D eigenvalue weighted by Crippen LogP contribution is 2.36. The van der Waals surface area contributed by atoms with Gasteiger partial charge in [-0.15, -0.1) is 10.1 Å². The first-order valence-corrected chi connectivity index (χ1v) is 14.0. The molecule has 1 fully saturated rings. The lowest BCUT2D eigenvalue weighted by Crippen LogP contribution is -2.21. The third-order valence-electron chi connectivity index (χ3n) is 6.46. The molecule has 0 unspecified atom stereocenters. The number of benzene rings is 1. The van der Waals surface area contributed by atoms with Crippen LogP contribution in [0.2, 0.25) is 0 Å². The van der Waals surface area contributed by atoms with E-state index in [2.05, 4.69) is 40.5 Å². The van der Waals surface area contributed by atoms with Crippen LogP contribution >= 0.6 is 0 Å². The lowest BCUT2D eigenvalue weighted by molar-refractivity contribution is -0.757. The Morgan fingerprint density at radius 1 is 1.20 bits per heavy atom. The van der Waals surface area contributed by atoms with Crippen molar-refractivity contribution in [3.8, 4) is 0 Å². The average Bonchev–Trinajstić information content (AvgIpc) is 3.31. The van der Waals surface area contributed by atoms with Crippen LogP contribution in [0.15, 0.2) is 54.6 Å². The van der Waals surface area contributed by atoms with Gasteiger partial charge in [0.15, 0.2) is 0 Å². The number of aliphatic hydroxyl groups is 3. The molecule has 1 saturated carbocycles. The van der Waals surface area contributed by atoms with Crippen LogP contribution in [0.5, 0.6) is 0 Å². The molecule has 1 aliphatic carbocycles. The maximum Gasteiger partial charge on any atom is 0.294 e. The molecule has 4 atom stereocenters. The Morgan fingerprint density at radius 2 is 1.90 bits per heavy atom. The van der Waals surface area contributed by atoms with Gasteiger partial charge in [-0.3, -0.25) is 4.79 Å². The molecule has 1 aromatic carbocycles. The summed E-state index contributed by atoms with van der Waals surface area (Å²) in [6, 6.07) is 10.2. The SMILES string of the molecule is C=O.CCNC(=O)CCC/C=C\C[C@H]1[C@@H](O)CC[C@@H]1/C=C/[C@@H](O)CCc1ccccc1.O.O=[N+]([O-])OCCCCO. The van der Waals surface area contributed by atoms with Gasteiger partial charge in [-0.05, 0) is 82.1 Å². The maximum absolute atomic E-state index is 11.4. The van der Waals surface area contributed by atoms with Crippen molar-refractivity contribution >= 4 is 12.7 Å². The monoisotopic (exact) mass is 582 g/mol. The van der Waals surface area contributed by atoms with Gasteiger partial charge in [0, 0.05) is 19.6 Å². The zero-order valence-corrected chi connectivity index (χ0v) is 24.2.